The van der Waals surface area contributed by atoms with Crippen LogP contribution in [-0.4, -0.2) is 30.2 Å². The highest BCUT2D eigenvalue weighted by atomic mass is 19.1. The molecule has 0 amide bonds. The minimum absolute atomic E-state index is 0.175. The van der Waals surface area contributed by atoms with Crippen LogP contribution in [-0.2, 0) is 20.0 Å². The van der Waals surface area contributed by atoms with Crippen LogP contribution in [0.2, 0.25) is 0 Å². The first-order chi connectivity index (χ1) is 13.0. The second-order valence-corrected chi connectivity index (χ2v) is 7.36. The minimum atomic E-state index is -0.175. The third kappa shape index (κ3) is 2.47. The molecule has 0 spiro atoms. The number of aryl methyl sites for hydroxylation is 1. The molecule has 0 N–H and O–H groups in total. The smallest absolute Gasteiger partial charge is 0.297 e. The first kappa shape index (κ1) is 16.2. The number of halogens is 1. The van der Waals surface area contributed by atoms with Crippen LogP contribution >= 0.6 is 0 Å². The van der Waals surface area contributed by atoms with Gasteiger partial charge in [-0.3, -0.25) is 0 Å². The molecular formula is C21H21FN4O. The van der Waals surface area contributed by atoms with Gasteiger partial charge in [0.2, 0.25) is 0 Å². The van der Waals surface area contributed by atoms with Crippen LogP contribution in [0, 0.1) is 5.82 Å². The SMILES string of the molecule is CN(C)c1nc2ccc(N3CCc4c(n(C)c5ccc(F)cc45)C3)cc2o1. The van der Waals surface area contributed by atoms with Crippen LogP contribution in [0.25, 0.3) is 22.0 Å². The molecule has 6 heteroatoms. The van der Waals surface area contributed by atoms with Crippen molar-refractivity contribution in [1.82, 2.24) is 9.55 Å². The van der Waals surface area contributed by atoms with E-state index >= 15 is 0 Å². The van der Waals surface area contributed by atoms with E-state index in [9.17, 15) is 4.39 Å². The van der Waals surface area contributed by atoms with E-state index in [0.29, 0.717) is 6.01 Å². The fourth-order valence-electron chi connectivity index (χ4n) is 4.04. The highest BCUT2D eigenvalue weighted by molar-refractivity contribution is 5.86. The van der Waals surface area contributed by atoms with E-state index in [1.54, 1.807) is 6.07 Å². The maximum Gasteiger partial charge on any atom is 0.297 e. The quantitative estimate of drug-likeness (QED) is 0.537. The van der Waals surface area contributed by atoms with Gasteiger partial charge < -0.3 is 18.8 Å². The van der Waals surface area contributed by atoms with Crippen molar-refractivity contribution in [3.05, 3.63) is 53.5 Å². The van der Waals surface area contributed by atoms with Crippen LogP contribution < -0.4 is 9.80 Å². The molecule has 1 aliphatic rings. The maximum atomic E-state index is 13.7. The molecule has 0 atom stereocenters. The van der Waals surface area contributed by atoms with Crippen molar-refractivity contribution in [2.45, 2.75) is 13.0 Å². The average molecular weight is 364 g/mol. The monoisotopic (exact) mass is 364 g/mol. The van der Waals surface area contributed by atoms with Gasteiger partial charge in [0.05, 0.1) is 6.54 Å². The van der Waals surface area contributed by atoms with Gasteiger partial charge >= 0.3 is 0 Å². The normalized spacial score (nSPS) is 14.1. The molecule has 27 heavy (non-hydrogen) atoms. The topological polar surface area (TPSA) is 37.4 Å². The van der Waals surface area contributed by atoms with Crippen molar-refractivity contribution in [2.24, 2.45) is 7.05 Å². The lowest BCUT2D eigenvalue weighted by Crippen LogP contribution is -2.31. The third-order valence-electron chi connectivity index (χ3n) is 5.48. The molecule has 138 valence electrons. The van der Waals surface area contributed by atoms with Crippen molar-refractivity contribution >= 4 is 33.7 Å². The Bertz CT molecular complexity index is 1170. The van der Waals surface area contributed by atoms with Crippen LogP contribution in [0.3, 0.4) is 0 Å². The highest BCUT2D eigenvalue weighted by Crippen LogP contribution is 2.33. The molecule has 0 fully saturated rings. The van der Waals surface area contributed by atoms with E-state index in [-0.39, 0.29) is 5.82 Å². The first-order valence-corrected chi connectivity index (χ1v) is 9.10. The van der Waals surface area contributed by atoms with E-state index in [1.165, 1.54) is 17.3 Å². The van der Waals surface area contributed by atoms with Gasteiger partial charge in [0.15, 0.2) is 5.58 Å². The Morgan fingerprint density at radius 3 is 2.81 bits per heavy atom. The summed E-state index contributed by atoms with van der Waals surface area (Å²) in [6.45, 7) is 1.69. The van der Waals surface area contributed by atoms with Crippen molar-refractivity contribution in [2.75, 3.05) is 30.4 Å². The molecule has 3 heterocycles. The molecule has 0 bridgehead atoms. The van der Waals surface area contributed by atoms with Crippen LogP contribution in [0.1, 0.15) is 11.3 Å². The molecule has 5 rings (SSSR count). The van der Waals surface area contributed by atoms with Gasteiger partial charge in [0.1, 0.15) is 11.3 Å². The number of oxazole rings is 1. The van der Waals surface area contributed by atoms with Gasteiger partial charge in [-0.05, 0) is 42.3 Å². The zero-order valence-electron chi connectivity index (χ0n) is 15.7. The molecule has 0 aliphatic carbocycles. The second kappa shape index (κ2) is 5.74. The number of rotatable bonds is 2. The van der Waals surface area contributed by atoms with Gasteiger partial charge in [-0.2, -0.15) is 4.98 Å². The molecule has 0 unspecified atom stereocenters. The van der Waals surface area contributed by atoms with Gasteiger partial charge in [-0.25, -0.2) is 4.39 Å². The van der Waals surface area contributed by atoms with E-state index < -0.39 is 0 Å². The Hall–Kier alpha value is -3.02. The third-order valence-corrected chi connectivity index (χ3v) is 5.48. The summed E-state index contributed by atoms with van der Waals surface area (Å²) in [5, 5.41) is 1.04. The zero-order valence-corrected chi connectivity index (χ0v) is 15.7. The summed E-state index contributed by atoms with van der Waals surface area (Å²) < 4.78 is 21.8. The molecule has 2 aromatic heterocycles. The summed E-state index contributed by atoms with van der Waals surface area (Å²) in [6.07, 6.45) is 0.896. The molecular weight excluding hydrogens is 343 g/mol. The van der Waals surface area contributed by atoms with E-state index in [4.69, 9.17) is 4.42 Å². The van der Waals surface area contributed by atoms with Crippen molar-refractivity contribution in [3.63, 3.8) is 0 Å². The highest BCUT2D eigenvalue weighted by Gasteiger charge is 2.24. The molecule has 0 radical (unpaired) electrons. The van der Waals surface area contributed by atoms with Crippen LogP contribution in [0.4, 0.5) is 16.1 Å². The fourth-order valence-corrected chi connectivity index (χ4v) is 4.04. The number of fused-ring (bicyclic) bond motifs is 4. The second-order valence-electron chi connectivity index (χ2n) is 7.36. The van der Waals surface area contributed by atoms with Gasteiger partial charge in [-0.1, -0.05) is 0 Å². The van der Waals surface area contributed by atoms with E-state index in [1.807, 2.05) is 31.1 Å². The lowest BCUT2D eigenvalue weighted by atomic mass is 10.0. The van der Waals surface area contributed by atoms with E-state index in [2.05, 4.69) is 33.6 Å². The summed E-state index contributed by atoms with van der Waals surface area (Å²) in [6, 6.07) is 11.8. The Morgan fingerprint density at radius 2 is 2.00 bits per heavy atom. The van der Waals surface area contributed by atoms with E-state index in [0.717, 1.165) is 47.2 Å². The predicted molar refractivity (Wildman–Crippen MR) is 106 cm³/mol. The summed E-state index contributed by atoms with van der Waals surface area (Å²) in [7, 11) is 5.90. The number of aromatic nitrogens is 2. The van der Waals surface area contributed by atoms with Gasteiger partial charge in [0.25, 0.3) is 6.01 Å². The zero-order chi connectivity index (χ0) is 18.7. The summed E-state index contributed by atoms with van der Waals surface area (Å²) in [5.41, 5.74) is 6.37. The standard InChI is InChI=1S/C21H21FN4O/c1-24(2)21-23-17-6-5-14(11-20(17)27-21)26-9-8-15-16-10-13(22)4-7-18(16)25(3)19(15)12-26/h4-7,10-11H,8-9,12H2,1-3H3. The fraction of sp³-hybridized carbons (Fsp3) is 0.286. The summed E-state index contributed by atoms with van der Waals surface area (Å²) >= 11 is 0. The first-order valence-electron chi connectivity index (χ1n) is 9.10. The summed E-state index contributed by atoms with van der Waals surface area (Å²) in [5.74, 6) is -0.175. The Labute approximate surface area is 156 Å². The average Bonchev–Trinajstić information content (AvgIpc) is 3.21. The molecule has 2 aromatic carbocycles. The predicted octanol–water partition coefficient (Wildman–Crippen LogP) is 4.09. The lowest BCUT2D eigenvalue weighted by molar-refractivity contribution is 0.596. The Kier molecular flexibility index (Phi) is 3.44. The van der Waals surface area contributed by atoms with Crippen molar-refractivity contribution in [3.8, 4) is 0 Å². The number of anilines is 2. The van der Waals surface area contributed by atoms with Crippen molar-refractivity contribution in [1.29, 1.82) is 0 Å². The Balaban J connectivity index is 1.53. The number of benzene rings is 2. The van der Waals surface area contributed by atoms with Crippen molar-refractivity contribution < 1.29 is 8.81 Å². The number of hydrogen-bond acceptors (Lipinski definition) is 4. The lowest BCUT2D eigenvalue weighted by Gasteiger charge is -2.30. The molecule has 0 saturated carbocycles. The molecule has 5 nitrogen and oxygen atoms in total. The maximum absolute atomic E-state index is 13.7. The van der Waals surface area contributed by atoms with Gasteiger partial charge in [-0.15, -0.1) is 0 Å². The Morgan fingerprint density at radius 1 is 1.15 bits per heavy atom. The molecule has 1 aliphatic heterocycles. The van der Waals surface area contributed by atoms with Gasteiger partial charge in [0, 0.05) is 56.0 Å². The number of nitrogens with zero attached hydrogens (tertiary/aromatic N) is 4. The van der Waals surface area contributed by atoms with Crippen LogP contribution in [0.15, 0.2) is 40.8 Å². The summed E-state index contributed by atoms with van der Waals surface area (Å²) in [4.78, 5) is 8.69. The molecule has 4 aromatic rings. The number of hydrogen-bond donors (Lipinski definition) is 0. The minimum Gasteiger partial charge on any atom is -0.423 e. The van der Waals surface area contributed by atoms with Crippen LogP contribution in [0.5, 0.6) is 0 Å². The largest absolute Gasteiger partial charge is 0.423 e. The molecule has 0 saturated heterocycles.